The van der Waals surface area contributed by atoms with Crippen LogP contribution in [0.5, 0.6) is 0 Å². The summed E-state index contributed by atoms with van der Waals surface area (Å²) in [5.74, 6) is -1.26. The van der Waals surface area contributed by atoms with Crippen molar-refractivity contribution in [3.63, 3.8) is 0 Å². The Kier molecular flexibility index (Phi) is 4.24. The molecule has 24 heavy (non-hydrogen) atoms. The monoisotopic (exact) mass is 327 g/mol. The summed E-state index contributed by atoms with van der Waals surface area (Å²) >= 11 is 0. The molecule has 3 rings (SSSR count). The number of ether oxygens (including phenoxy) is 1. The number of pyridine rings is 1. The van der Waals surface area contributed by atoms with E-state index >= 15 is 0 Å². The topological polar surface area (TPSA) is 72.7 Å². The zero-order chi connectivity index (χ0) is 17.1. The molecular weight excluding hydrogens is 313 g/mol. The van der Waals surface area contributed by atoms with Gasteiger partial charge in [-0.25, -0.2) is 14.2 Å². The van der Waals surface area contributed by atoms with Crippen LogP contribution in [0.4, 0.5) is 10.1 Å². The van der Waals surface area contributed by atoms with Gasteiger partial charge in [-0.15, -0.1) is 0 Å². The minimum Gasteiger partial charge on any atom is -0.462 e. The van der Waals surface area contributed by atoms with Crippen LogP contribution in [0.15, 0.2) is 48.8 Å². The van der Waals surface area contributed by atoms with Crippen molar-refractivity contribution < 1.29 is 18.7 Å². The van der Waals surface area contributed by atoms with Crippen LogP contribution in [0.25, 0.3) is 5.65 Å². The van der Waals surface area contributed by atoms with Crippen LogP contribution in [0.1, 0.15) is 27.8 Å². The second-order valence-corrected chi connectivity index (χ2v) is 4.99. The predicted octanol–water partition coefficient (Wildman–Crippen LogP) is 2.90. The van der Waals surface area contributed by atoms with Crippen molar-refractivity contribution in [2.45, 2.75) is 6.92 Å². The fourth-order valence-electron chi connectivity index (χ4n) is 2.17. The highest BCUT2D eigenvalue weighted by atomic mass is 19.1. The number of carbonyl (C=O) groups is 2. The van der Waals surface area contributed by atoms with Gasteiger partial charge >= 0.3 is 5.97 Å². The quantitative estimate of drug-likeness (QED) is 0.748. The number of hydrogen-bond donors (Lipinski definition) is 1. The molecule has 0 aliphatic rings. The second kappa shape index (κ2) is 6.49. The highest BCUT2D eigenvalue weighted by Gasteiger charge is 2.12. The average molecular weight is 327 g/mol. The Morgan fingerprint density at radius 1 is 1.17 bits per heavy atom. The molecule has 7 heteroatoms. The molecule has 0 unspecified atom stereocenters. The molecule has 3 aromatic rings. The summed E-state index contributed by atoms with van der Waals surface area (Å²) in [6.07, 6.45) is 2.69. The van der Waals surface area contributed by atoms with E-state index in [0.29, 0.717) is 23.5 Å². The first-order valence-electron chi connectivity index (χ1n) is 7.29. The number of halogens is 1. The van der Waals surface area contributed by atoms with Crippen molar-refractivity contribution in [3.8, 4) is 0 Å². The number of hydrogen-bond acceptors (Lipinski definition) is 4. The summed E-state index contributed by atoms with van der Waals surface area (Å²) in [5.41, 5.74) is 1.55. The standard InChI is InChI=1S/C17H14FN3O3/c1-2-24-17(23)11-3-6-13(7-4-11)19-16(22)14-10-21-9-12(18)5-8-15(21)20-14/h3-10H,2H2,1H3,(H,19,22). The molecule has 0 aliphatic carbocycles. The number of carbonyl (C=O) groups excluding carboxylic acids is 2. The Balaban J connectivity index is 1.74. The van der Waals surface area contributed by atoms with Crippen LogP contribution in [0.3, 0.4) is 0 Å². The molecule has 1 N–H and O–H groups in total. The number of nitrogens with one attached hydrogen (secondary N) is 1. The van der Waals surface area contributed by atoms with Crippen molar-refractivity contribution >= 4 is 23.2 Å². The number of fused-ring (bicyclic) bond motifs is 1. The highest BCUT2D eigenvalue weighted by Crippen LogP contribution is 2.13. The molecule has 0 fully saturated rings. The summed E-state index contributed by atoms with van der Waals surface area (Å²) in [5, 5.41) is 2.67. The van der Waals surface area contributed by atoms with Gasteiger partial charge in [-0.1, -0.05) is 0 Å². The van der Waals surface area contributed by atoms with E-state index in [1.165, 1.54) is 28.9 Å². The lowest BCUT2D eigenvalue weighted by Crippen LogP contribution is -2.12. The molecule has 0 aliphatic heterocycles. The maximum atomic E-state index is 13.2. The number of rotatable bonds is 4. The zero-order valence-electron chi connectivity index (χ0n) is 12.8. The lowest BCUT2D eigenvalue weighted by Gasteiger charge is -2.05. The molecule has 122 valence electrons. The first-order chi connectivity index (χ1) is 11.6. The number of amides is 1. The maximum absolute atomic E-state index is 13.2. The third-order valence-corrected chi connectivity index (χ3v) is 3.30. The molecule has 2 heterocycles. The number of imidazole rings is 1. The van der Waals surface area contributed by atoms with Crippen LogP contribution in [0, 0.1) is 5.82 Å². The fourth-order valence-corrected chi connectivity index (χ4v) is 2.17. The lowest BCUT2D eigenvalue weighted by molar-refractivity contribution is 0.0526. The van der Waals surface area contributed by atoms with E-state index < -0.39 is 17.7 Å². The summed E-state index contributed by atoms with van der Waals surface area (Å²) in [7, 11) is 0. The second-order valence-electron chi connectivity index (χ2n) is 4.99. The van der Waals surface area contributed by atoms with Gasteiger partial charge in [0, 0.05) is 18.1 Å². The molecule has 0 atom stereocenters. The first kappa shape index (κ1) is 15.7. The molecule has 0 saturated heterocycles. The van der Waals surface area contributed by atoms with Gasteiger partial charge in [-0.3, -0.25) is 4.79 Å². The predicted molar refractivity (Wildman–Crippen MR) is 85.5 cm³/mol. The van der Waals surface area contributed by atoms with Crippen molar-refractivity contribution in [1.29, 1.82) is 0 Å². The minimum atomic E-state index is -0.428. The fraction of sp³-hybridized carbons (Fsp3) is 0.118. The Labute approximate surface area is 136 Å². The largest absolute Gasteiger partial charge is 0.462 e. The van der Waals surface area contributed by atoms with Crippen LogP contribution in [0.2, 0.25) is 0 Å². The summed E-state index contributed by atoms with van der Waals surface area (Å²) in [6.45, 7) is 2.03. The number of benzene rings is 1. The van der Waals surface area contributed by atoms with E-state index in [-0.39, 0.29) is 5.69 Å². The molecule has 0 saturated carbocycles. The Hall–Kier alpha value is -3.22. The molecule has 0 radical (unpaired) electrons. The number of anilines is 1. The van der Waals surface area contributed by atoms with E-state index in [4.69, 9.17) is 4.74 Å². The lowest BCUT2D eigenvalue weighted by atomic mass is 10.2. The Morgan fingerprint density at radius 3 is 2.62 bits per heavy atom. The van der Waals surface area contributed by atoms with Crippen LogP contribution >= 0.6 is 0 Å². The smallest absolute Gasteiger partial charge is 0.338 e. The van der Waals surface area contributed by atoms with Gasteiger partial charge in [0.15, 0.2) is 0 Å². The van der Waals surface area contributed by atoms with Gasteiger partial charge in [0.2, 0.25) is 0 Å². The summed E-state index contributed by atoms with van der Waals surface area (Å²) in [4.78, 5) is 27.9. The summed E-state index contributed by atoms with van der Waals surface area (Å²) < 4.78 is 19.5. The zero-order valence-corrected chi connectivity index (χ0v) is 12.8. The van der Waals surface area contributed by atoms with E-state index in [9.17, 15) is 14.0 Å². The Morgan fingerprint density at radius 2 is 1.92 bits per heavy atom. The van der Waals surface area contributed by atoms with E-state index in [2.05, 4.69) is 10.3 Å². The van der Waals surface area contributed by atoms with Gasteiger partial charge in [-0.05, 0) is 43.3 Å². The minimum absolute atomic E-state index is 0.162. The van der Waals surface area contributed by atoms with Crippen molar-refractivity contribution in [2.24, 2.45) is 0 Å². The van der Waals surface area contributed by atoms with E-state index in [1.54, 1.807) is 31.2 Å². The maximum Gasteiger partial charge on any atom is 0.338 e. The molecule has 6 nitrogen and oxygen atoms in total. The molecule has 1 aromatic carbocycles. The Bertz CT molecular complexity index is 903. The molecule has 2 aromatic heterocycles. The van der Waals surface area contributed by atoms with Gasteiger partial charge in [0.25, 0.3) is 5.91 Å². The summed E-state index contributed by atoms with van der Waals surface area (Å²) in [6, 6.07) is 9.08. The first-order valence-corrected chi connectivity index (χ1v) is 7.29. The van der Waals surface area contributed by atoms with Gasteiger partial charge in [-0.2, -0.15) is 0 Å². The van der Waals surface area contributed by atoms with Crippen LogP contribution < -0.4 is 5.32 Å². The van der Waals surface area contributed by atoms with Crippen molar-refractivity contribution in [1.82, 2.24) is 9.38 Å². The molecule has 0 bridgehead atoms. The van der Waals surface area contributed by atoms with E-state index in [1.807, 2.05) is 0 Å². The third kappa shape index (κ3) is 3.24. The molecule has 1 amide bonds. The SMILES string of the molecule is CCOC(=O)c1ccc(NC(=O)c2cn3cc(F)ccc3n2)cc1. The highest BCUT2D eigenvalue weighted by molar-refractivity contribution is 6.03. The van der Waals surface area contributed by atoms with Crippen molar-refractivity contribution in [2.75, 3.05) is 11.9 Å². The number of nitrogens with zero attached hydrogens (tertiary/aromatic N) is 2. The normalized spacial score (nSPS) is 10.6. The third-order valence-electron chi connectivity index (χ3n) is 3.30. The molecule has 0 spiro atoms. The number of esters is 1. The van der Waals surface area contributed by atoms with Gasteiger partial charge in [0.1, 0.15) is 17.2 Å². The van der Waals surface area contributed by atoms with E-state index in [0.717, 1.165) is 0 Å². The number of aromatic nitrogens is 2. The average Bonchev–Trinajstić information content (AvgIpc) is 2.99. The van der Waals surface area contributed by atoms with Crippen LogP contribution in [-0.2, 0) is 4.74 Å². The van der Waals surface area contributed by atoms with Gasteiger partial charge in [0.05, 0.1) is 12.2 Å². The van der Waals surface area contributed by atoms with Crippen LogP contribution in [-0.4, -0.2) is 27.9 Å². The molecular formula is C17H14FN3O3. The van der Waals surface area contributed by atoms with Gasteiger partial charge < -0.3 is 14.5 Å². The van der Waals surface area contributed by atoms with Crippen molar-refractivity contribution in [3.05, 3.63) is 65.9 Å².